The quantitative estimate of drug-likeness (QED) is 0.883. The molecule has 0 bridgehead atoms. The lowest BCUT2D eigenvalue weighted by atomic mass is 10.1. The number of hydrogen-bond acceptors (Lipinski definition) is 5. The molecule has 1 fully saturated rings. The Labute approximate surface area is 135 Å². The van der Waals surface area contributed by atoms with Crippen molar-refractivity contribution >= 4 is 11.8 Å². The van der Waals surface area contributed by atoms with Gasteiger partial charge in [0.25, 0.3) is 0 Å². The van der Waals surface area contributed by atoms with Gasteiger partial charge in [-0.2, -0.15) is 0 Å². The minimum atomic E-state index is -0.881. The molecule has 0 saturated carbocycles. The van der Waals surface area contributed by atoms with Crippen LogP contribution in [-0.4, -0.2) is 39.5 Å². The molecule has 1 aromatic heterocycles. The average Bonchev–Trinajstić information content (AvgIpc) is 3.03. The van der Waals surface area contributed by atoms with Crippen LogP contribution in [0.15, 0.2) is 36.7 Å². The molecule has 2 N–H and O–H groups in total. The van der Waals surface area contributed by atoms with Crippen LogP contribution < -0.4 is 5.32 Å². The van der Waals surface area contributed by atoms with Crippen LogP contribution in [0.3, 0.4) is 0 Å². The lowest BCUT2D eigenvalue weighted by Gasteiger charge is -2.24. The number of likely N-dealkylation sites (tertiary alicyclic amines) is 1. The SMILES string of the molecule is CNc1cncc(C2CCCN2Cc2ccccc2C(=O)O)n1. The number of carboxylic acid groups (broad SMARTS) is 1. The van der Waals surface area contributed by atoms with Crippen LogP contribution in [0.1, 0.15) is 40.5 Å². The number of benzene rings is 1. The van der Waals surface area contributed by atoms with Crippen LogP contribution in [0.4, 0.5) is 5.82 Å². The highest BCUT2D eigenvalue weighted by Crippen LogP contribution is 2.32. The normalized spacial score (nSPS) is 18.0. The van der Waals surface area contributed by atoms with E-state index in [2.05, 4.69) is 20.2 Å². The van der Waals surface area contributed by atoms with E-state index >= 15 is 0 Å². The summed E-state index contributed by atoms with van der Waals surface area (Å²) in [6.07, 6.45) is 5.58. The predicted molar refractivity (Wildman–Crippen MR) is 87.4 cm³/mol. The van der Waals surface area contributed by atoms with Crippen LogP contribution in [0.2, 0.25) is 0 Å². The van der Waals surface area contributed by atoms with Crippen LogP contribution in [0.25, 0.3) is 0 Å². The molecule has 1 aliphatic heterocycles. The van der Waals surface area contributed by atoms with Gasteiger partial charge in [0.15, 0.2) is 0 Å². The summed E-state index contributed by atoms with van der Waals surface area (Å²) >= 11 is 0. The second-order valence-electron chi connectivity index (χ2n) is 5.67. The van der Waals surface area contributed by atoms with Crippen LogP contribution in [0, 0.1) is 0 Å². The lowest BCUT2D eigenvalue weighted by Crippen LogP contribution is -2.24. The van der Waals surface area contributed by atoms with Gasteiger partial charge in [-0.25, -0.2) is 9.78 Å². The van der Waals surface area contributed by atoms with Crippen molar-refractivity contribution in [2.45, 2.75) is 25.4 Å². The highest BCUT2D eigenvalue weighted by molar-refractivity contribution is 5.89. The van der Waals surface area contributed by atoms with Gasteiger partial charge in [0.1, 0.15) is 5.82 Å². The van der Waals surface area contributed by atoms with Crippen molar-refractivity contribution < 1.29 is 9.90 Å². The van der Waals surface area contributed by atoms with Crippen molar-refractivity contribution in [3.63, 3.8) is 0 Å². The van der Waals surface area contributed by atoms with E-state index in [4.69, 9.17) is 0 Å². The van der Waals surface area contributed by atoms with Crippen molar-refractivity contribution in [2.24, 2.45) is 0 Å². The minimum absolute atomic E-state index is 0.178. The predicted octanol–water partition coefficient (Wildman–Crippen LogP) is 2.55. The lowest BCUT2D eigenvalue weighted by molar-refractivity contribution is 0.0694. The van der Waals surface area contributed by atoms with Crippen molar-refractivity contribution in [1.29, 1.82) is 0 Å². The summed E-state index contributed by atoms with van der Waals surface area (Å²) in [4.78, 5) is 22.5. The summed E-state index contributed by atoms with van der Waals surface area (Å²) in [5, 5.41) is 12.4. The van der Waals surface area contributed by atoms with E-state index in [0.29, 0.717) is 12.1 Å². The summed E-state index contributed by atoms with van der Waals surface area (Å²) < 4.78 is 0. The molecular weight excluding hydrogens is 292 g/mol. The van der Waals surface area contributed by atoms with E-state index in [1.807, 2.05) is 19.2 Å². The fourth-order valence-corrected chi connectivity index (χ4v) is 3.10. The summed E-state index contributed by atoms with van der Waals surface area (Å²) in [7, 11) is 1.82. The van der Waals surface area contributed by atoms with Crippen LogP contribution in [0.5, 0.6) is 0 Å². The molecule has 1 atom stereocenters. The fraction of sp³-hybridized carbons (Fsp3) is 0.353. The monoisotopic (exact) mass is 312 g/mol. The number of aromatic nitrogens is 2. The molecule has 23 heavy (non-hydrogen) atoms. The Morgan fingerprint density at radius 1 is 1.39 bits per heavy atom. The topological polar surface area (TPSA) is 78.4 Å². The molecule has 0 radical (unpaired) electrons. The van der Waals surface area contributed by atoms with E-state index in [1.54, 1.807) is 24.5 Å². The average molecular weight is 312 g/mol. The molecule has 120 valence electrons. The maximum Gasteiger partial charge on any atom is 0.336 e. The summed E-state index contributed by atoms with van der Waals surface area (Å²) in [5.41, 5.74) is 2.14. The number of carbonyl (C=O) groups is 1. The van der Waals surface area contributed by atoms with Crippen LogP contribution >= 0.6 is 0 Å². The molecule has 2 heterocycles. The zero-order valence-corrected chi connectivity index (χ0v) is 13.1. The molecule has 0 amide bonds. The number of aromatic carboxylic acids is 1. The van der Waals surface area contributed by atoms with Gasteiger partial charge in [0.05, 0.1) is 29.7 Å². The first-order chi connectivity index (χ1) is 11.2. The number of rotatable bonds is 5. The van der Waals surface area contributed by atoms with E-state index in [1.165, 1.54) is 0 Å². The molecule has 0 aliphatic carbocycles. The highest BCUT2D eigenvalue weighted by atomic mass is 16.4. The first-order valence-electron chi connectivity index (χ1n) is 7.74. The second-order valence-corrected chi connectivity index (χ2v) is 5.67. The molecule has 6 nitrogen and oxygen atoms in total. The molecule has 1 unspecified atom stereocenters. The van der Waals surface area contributed by atoms with E-state index in [9.17, 15) is 9.90 Å². The van der Waals surface area contributed by atoms with Gasteiger partial charge >= 0.3 is 5.97 Å². The third kappa shape index (κ3) is 3.32. The van der Waals surface area contributed by atoms with Gasteiger partial charge in [-0.1, -0.05) is 18.2 Å². The zero-order valence-electron chi connectivity index (χ0n) is 13.1. The summed E-state index contributed by atoms with van der Waals surface area (Å²) in [6.45, 7) is 1.54. The Morgan fingerprint density at radius 2 is 2.22 bits per heavy atom. The van der Waals surface area contributed by atoms with Crippen molar-refractivity contribution in [2.75, 3.05) is 18.9 Å². The molecule has 0 spiro atoms. The molecule has 1 aromatic carbocycles. The van der Waals surface area contributed by atoms with Gasteiger partial charge in [0.2, 0.25) is 0 Å². The Bertz CT molecular complexity index is 704. The summed E-state index contributed by atoms with van der Waals surface area (Å²) in [5.74, 6) is -0.131. The highest BCUT2D eigenvalue weighted by Gasteiger charge is 2.28. The Kier molecular flexibility index (Phi) is 4.52. The Morgan fingerprint density at radius 3 is 3.00 bits per heavy atom. The number of hydrogen-bond donors (Lipinski definition) is 2. The molecular formula is C17H20N4O2. The first kappa shape index (κ1) is 15.4. The maximum atomic E-state index is 11.4. The Hall–Kier alpha value is -2.47. The third-order valence-corrected chi connectivity index (χ3v) is 4.24. The number of nitrogens with zero attached hydrogens (tertiary/aromatic N) is 3. The maximum absolute atomic E-state index is 11.4. The van der Waals surface area contributed by atoms with Gasteiger partial charge in [-0.3, -0.25) is 9.88 Å². The van der Waals surface area contributed by atoms with E-state index < -0.39 is 5.97 Å². The fourth-order valence-electron chi connectivity index (χ4n) is 3.10. The summed E-state index contributed by atoms with van der Waals surface area (Å²) in [6, 6.07) is 7.36. The third-order valence-electron chi connectivity index (χ3n) is 4.24. The van der Waals surface area contributed by atoms with Gasteiger partial charge in [0, 0.05) is 13.6 Å². The van der Waals surface area contributed by atoms with Crippen LogP contribution in [-0.2, 0) is 6.54 Å². The second kappa shape index (κ2) is 6.75. The number of carboxylic acids is 1. The smallest absolute Gasteiger partial charge is 0.336 e. The minimum Gasteiger partial charge on any atom is -0.478 e. The molecule has 1 saturated heterocycles. The largest absolute Gasteiger partial charge is 0.478 e. The van der Waals surface area contributed by atoms with Crippen molar-refractivity contribution in [3.05, 3.63) is 53.5 Å². The van der Waals surface area contributed by atoms with Crippen molar-refractivity contribution in [3.8, 4) is 0 Å². The molecule has 6 heteroatoms. The van der Waals surface area contributed by atoms with Gasteiger partial charge < -0.3 is 10.4 Å². The molecule has 2 aromatic rings. The van der Waals surface area contributed by atoms with Gasteiger partial charge in [-0.15, -0.1) is 0 Å². The first-order valence-corrected chi connectivity index (χ1v) is 7.74. The standard InChI is InChI=1S/C17H20N4O2/c1-18-16-10-19-9-14(20-16)15-7-4-8-21(15)11-12-5-2-3-6-13(12)17(22)23/h2-3,5-6,9-10,15H,4,7-8,11H2,1H3,(H,18,20)(H,22,23). The van der Waals surface area contributed by atoms with Crippen molar-refractivity contribution in [1.82, 2.24) is 14.9 Å². The number of nitrogens with one attached hydrogen (secondary N) is 1. The number of anilines is 1. The van der Waals surface area contributed by atoms with E-state index in [0.717, 1.165) is 36.5 Å². The van der Waals surface area contributed by atoms with E-state index in [-0.39, 0.29) is 6.04 Å². The Balaban J connectivity index is 1.84. The zero-order chi connectivity index (χ0) is 16.2. The molecule has 1 aliphatic rings. The van der Waals surface area contributed by atoms with Gasteiger partial charge in [-0.05, 0) is 31.0 Å². The molecule has 3 rings (SSSR count).